The Morgan fingerprint density at radius 3 is 2.88 bits per heavy atom. The minimum Gasteiger partial charge on any atom is -0.396 e. The summed E-state index contributed by atoms with van der Waals surface area (Å²) < 4.78 is 2.12. The average molecular weight is 231 g/mol. The van der Waals surface area contributed by atoms with E-state index in [-0.39, 0.29) is 0 Å². The molecule has 0 aromatic carbocycles. The first-order valence-electron chi connectivity index (χ1n) is 6.16. The molecule has 0 saturated carbocycles. The van der Waals surface area contributed by atoms with Gasteiger partial charge in [0, 0.05) is 32.1 Å². The van der Waals surface area contributed by atoms with E-state index in [2.05, 4.69) is 26.4 Å². The van der Waals surface area contributed by atoms with Gasteiger partial charge in [-0.1, -0.05) is 6.07 Å². The van der Waals surface area contributed by atoms with Crippen molar-refractivity contribution in [2.75, 3.05) is 24.6 Å². The molecule has 0 atom stereocenters. The SMILES string of the molecule is OCC1CCN(c2cccc3nccn23)CC1. The number of imidazole rings is 1. The Kier molecular flexibility index (Phi) is 2.73. The van der Waals surface area contributed by atoms with E-state index in [0.717, 1.165) is 31.6 Å². The van der Waals surface area contributed by atoms with Gasteiger partial charge in [0.05, 0.1) is 0 Å². The van der Waals surface area contributed by atoms with Gasteiger partial charge in [-0.25, -0.2) is 4.98 Å². The second-order valence-corrected chi connectivity index (χ2v) is 4.65. The van der Waals surface area contributed by atoms with E-state index < -0.39 is 0 Å². The molecule has 4 nitrogen and oxygen atoms in total. The maximum atomic E-state index is 9.15. The van der Waals surface area contributed by atoms with Crippen LogP contribution in [0, 0.1) is 5.92 Å². The summed E-state index contributed by atoms with van der Waals surface area (Å²) in [6, 6.07) is 6.20. The van der Waals surface area contributed by atoms with Crippen molar-refractivity contribution in [1.29, 1.82) is 0 Å². The lowest BCUT2D eigenvalue weighted by molar-refractivity contribution is 0.202. The first-order chi connectivity index (χ1) is 8.38. The second kappa shape index (κ2) is 4.37. The number of anilines is 1. The monoisotopic (exact) mass is 231 g/mol. The highest BCUT2D eigenvalue weighted by Crippen LogP contribution is 2.23. The molecular weight excluding hydrogens is 214 g/mol. The molecule has 0 aliphatic carbocycles. The molecule has 1 N–H and O–H groups in total. The summed E-state index contributed by atoms with van der Waals surface area (Å²) in [7, 11) is 0. The summed E-state index contributed by atoms with van der Waals surface area (Å²) in [4.78, 5) is 6.68. The van der Waals surface area contributed by atoms with Gasteiger partial charge < -0.3 is 10.0 Å². The van der Waals surface area contributed by atoms with E-state index in [1.165, 1.54) is 5.82 Å². The Bertz CT molecular complexity index is 500. The Morgan fingerprint density at radius 1 is 1.29 bits per heavy atom. The third kappa shape index (κ3) is 1.89. The molecule has 0 unspecified atom stereocenters. The number of hydrogen-bond donors (Lipinski definition) is 1. The molecule has 4 heteroatoms. The lowest BCUT2D eigenvalue weighted by Crippen LogP contribution is -2.35. The van der Waals surface area contributed by atoms with Crippen molar-refractivity contribution < 1.29 is 5.11 Å². The summed E-state index contributed by atoms with van der Waals surface area (Å²) in [5, 5.41) is 9.15. The van der Waals surface area contributed by atoms with Gasteiger partial charge in [-0.3, -0.25) is 4.40 Å². The zero-order valence-electron chi connectivity index (χ0n) is 9.79. The normalized spacial score (nSPS) is 17.8. The van der Waals surface area contributed by atoms with Crippen LogP contribution in [0.2, 0.25) is 0 Å². The van der Waals surface area contributed by atoms with E-state index in [9.17, 15) is 0 Å². The molecule has 1 saturated heterocycles. The van der Waals surface area contributed by atoms with Crippen LogP contribution in [0.1, 0.15) is 12.8 Å². The maximum absolute atomic E-state index is 9.15. The zero-order valence-corrected chi connectivity index (χ0v) is 9.79. The van der Waals surface area contributed by atoms with Gasteiger partial charge >= 0.3 is 0 Å². The fourth-order valence-electron chi connectivity index (χ4n) is 2.53. The number of hydrogen-bond acceptors (Lipinski definition) is 3. The van der Waals surface area contributed by atoms with E-state index in [4.69, 9.17) is 5.11 Å². The molecular formula is C13H17N3O. The van der Waals surface area contributed by atoms with Crippen LogP contribution in [0.4, 0.5) is 5.82 Å². The van der Waals surface area contributed by atoms with Crippen molar-refractivity contribution in [3.63, 3.8) is 0 Å². The number of piperidine rings is 1. The summed E-state index contributed by atoms with van der Waals surface area (Å²) in [5.74, 6) is 1.68. The van der Waals surface area contributed by atoms with Crippen molar-refractivity contribution in [3.05, 3.63) is 30.6 Å². The first-order valence-corrected chi connectivity index (χ1v) is 6.16. The molecule has 0 spiro atoms. The molecule has 3 heterocycles. The summed E-state index contributed by atoms with van der Waals surface area (Å²) in [6.45, 7) is 2.36. The number of rotatable bonds is 2. The summed E-state index contributed by atoms with van der Waals surface area (Å²) in [5.41, 5.74) is 0.992. The second-order valence-electron chi connectivity index (χ2n) is 4.65. The van der Waals surface area contributed by atoms with Gasteiger partial charge in [0.25, 0.3) is 0 Å². The number of aliphatic hydroxyl groups is 1. The molecule has 2 aromatic heterocycles. The van der Waals surface area contributed by atoms with Gasteiger partial charge in [0.1, 0.15) is 11.5 Å². The van der Waals surface area contributed by atoms with Crippen LogP contribution in [-0.4, -0.2) is 34.2 Å². The highest BCUT2D eigenvalue weighted by Gasteiger charge is 2.19. The lowest BCUT2D eigenvalue weighted by atomic mass is 9.98. The fourth-order valence-corrected chi connectivity index (χ4v) is 2.53. The molecule has 17 heavy (non-hydrogen) atoms. The third-order valence-corrected chi connectivity index (χ3v) is 3.60. The predicted molar refractivity (Wildman–Crippen MR) is 67.2 cm³/mol. The standard InChI is InChI=1S/C13H17N3O/c17-10-11-4-7-15(8-5-11)13-3-1-2-12-14-6-9-16(12)13/h1-3,6,9,11,17H,4-5,7-8,10H2. The van der Waals surface area contributed by atoms with Crippen LogP contribution < -0.4 is 4.90 Å². The van der Waals surface area contributed by atoms with E-state index in [0.29, 0.717) is 12.5 Å². The molecule has 0 bridgehead atoms. The fraction of sp³-hybridized carbons (Fsp3) is 0.462. The average Bonchev–Trinajstić information content (AvgIpc) is 2.87. The molecule has 2 aromatic rings. The van der Waals surface area contributed by atoms with Gasteiger partial charge in [0.2, 0.25) is 0 Å². The molecule has 90 valence electrons. The van der Waals surface area contributed by atoms with Gasteiger partial charge in [0.15, 0.2) is 0 Å². The van der Waals surface area contributed by atoms with Crippen LogP contribution in [0.25, 0.3) is 5.65 Å². The maximum Gasteiger partial charge on any atom is 0.138 e. The minimum absolute atomic E-state index is 0.323. The van der Waals surface area contributed by atoms with Crippen molar-refractivity contribution >= 4 is 11.5 Å². The number of aliphatic hydroxyl groups excluding tert-OH is 1. The molecule has 0 amide bonds. The Morgan fingerprint density at radius 2 is 2.12 bits per heavy atom. The minimum atomic E-state index is 0.323. The summed E-state index contributed by atoms with van der Waals surface area (Å²) >= 11 is 0. The Balaban J connectivity index is 1.87. The van der Waals surface area contributed by atoms with Crippen LogP contribution >= 0.6 is 0 Å². The van der Waals surface area contributed by atoms with Gasteiger partial charge in [-0.15, -0.1) is 0 Å². The number of fused-ring (bicyclic) bond motifs is 1. The van der Waals surface area contributed by atoms with Crippen LogP contribution in [0.3, 0.4) is 0 Å². The van der Waals surface area contributed by atoms with Crippen LogP contribution in [-0.2, 0) is 0 Å². The molecule has 1 aliphatic rings. The molecule has 1 fully saturated rings. The first kappa shape index (κ1) is 10.6. The third-order valence-electron chi connectivity index (χ3n) is 3.60. The van der Waals surface area contributed by atoms with Crippen molar-refractivity contribution in [3.8, 4) is 0 Å². The van der Waals surface area contributed by atoms with Crippen LogP contribution in [0.5, 0.6) is 0 Å². The zero-order chi connectivity index (χ0) is 11.7. The smallest absolute Gasteiger partial charge is 0.138 e. The quantitative estimate of drug-likeness (QED) is 0.852. The van der Waals surface area contributed by atoms with E-state index in [1.54, 1.807) is 0 Å². The summed E-state index contributed by atoms with van der Waals surface area (Å²) in [6.07, 6.45) is 5.98. The molecule has 0 radical (unpaired) electrons. The largest absolute Gasteiger partial charge is 0.396 e. The lowest BCUT2D eigenvalue weighted by Gasteiger charge is -2.33. The molecule has 3 rings (SSSR count). The predicted octanol–water partition coefficient (Wildman–Crippen LogP) is 1.54. The van der Waals surface area contributed by atoms with Crippen molar-refractivity contribution in [2.45, 2.75) is 12.8 Å². The van der Waals surface area contributed by atoms with Crippen LogP contribution in [0.15, 0.2) is 30.6 Å². The number of aromatic nitrogens is 2. The van der Waals surface area contributed by atoms with E-state index in [1.807, 2.05) is 18.5 Å². The van der Waals surface area contributed by atoms with Gasteiger partial charge in [-0.05, 0) is 30.9 Å². The molecule has 1 aliphatic heterocycles. The number of pyridine rings is 1. The van der Waals surface area contributed by atoms with Crippen molar-refractivity contribution in [2.24, 2.45) is 5.92 Å². The van der Waals surface area contributed by atoms with E-state index >= 15 is 0 Å². The Hall–Kier alpha value is -1.55. The van der Waals surface area contributed by atoms with Crippen molar-refractivity contribution in [1.82, 2.24) is 9.38 Å². The highest BCUT2D eigenvalue weighted by atomic mass is 16.3. The number of nitrogens with zero attached hydrogens (tertiary/aromatic N) is 3. The highest BCUT2D eigenvalue weighted by molar-refractivity contribution is 5.51. The van der Waals surface area contributed by atoms with Gasteiger partial charge in [-0.2, -0.15) is 0 Å². The topological polar surface area (TPSA) is 40.8 Å². The Labute approximate surface area is 101 Å².